The number of allylic oxidation sites excluding steroid dienone is 2. The van der Waals surface area contributed by atoms with E-state index in [9.17, 15) is 20.1 Å². The fraction of sp³-hybridized carbons (Fsp3) is 0.654. The summed E-state index contributed by atoms with van der Waals surface area (Å²) in [6, 6.07) is 4.69. The molecule has 4 heteroatoms. The van der Waals surface area contributed by atoms with Crippen molar-refractivity contribution < 1.29 is 20.1 Å². The highest BCUT2D eigenvalue weighted by Gasteiger charge is 2.17. The molecular formula is C26H42O4. The van der Waals surface area contributed by atoms with E-state index in [1.54, 1.807) is 6.07 Å². The van der Waals surface area contributed by atoms with Gasteiger partial charge in [0.05, 0.1) is 5.92 Å². The second-order valence-corrected chi connectivity index (χ2v) is 8.42. The van der Waals surface area contributed by atoms with Gasteiger partial charge in [0.25, 0.3) is 0 Å². The number of hydrogen-bond acceptors (Lipinski definition) is 3. The van der Waals surface area contributed by atoms with Crippen LogP contribution in [0, 0.1) is 5.92 Å². The number of aryl methyl sites for hydroxylation is 1. The molecule has 0 saturated heterocycles. The van der Waals surface area contributed by atoms with Gasteiger partial charge in [-0.05, 0) is 62.6 Å². The van der Waals surface area contributed by atoms with Gasteiger partial charge in [-0.15, -0.1) is 0 Å². The molecule has 0 fully saturated rings. The molecule has 0 radical (unpaired) electrons. The third-order valence-electron chi connectivity index (χ3n) is 5.73. The number of unbranched alkanes of at least 4 members (excludes halogenated alkanes) is 10. The second kappa shape index (κ2) is 16.8. The molecule has 3 N–H and O–H groups in total. The van der Waals surface area contributed by atoms with Crippen molar-refractivity contribution in [3.63, 3.8) is 0 Å². The van der Waals surface area contributed by atoms with E-state index in [4.69, 9.17) is 0 Å². The number of phenols is 2. The minimum Gasteiger partial charge on any atom is -0.504 e. The summed E-state index contributed by atoms with van der Waals surface area (Å²) in [5, 5.41) is 28.4. The summed E-state index contributed by atoms with van der Waals surface area (Å²) in [5.74, 6) is -1.39. The van der Waals surface area contributed by atoms with Crippen LogP contribution < -0.4 is 0 Å². The SMILES string of the molecule is CCCCCCCCC=CCCCCCCC(CCc1ccc(O)c(O)c1)C(=O)O. The topological polar surface area (TPSA) is 77.8 Å². The van der Waals surface area contributed by atoms with Crippen LogP contribution >= 0.6 is 0 Å². The lowest BCUT2D eigenvalue weighted by molar-refractivity contribution is -0.142. The summed E-state index contributed by atoms with van der Waals surface area (Å²) in [6.45, 7) is 2.25. The number of hydrogen-bond donors (Lipinski definition) is 3. The minimum atomic E-state index is -0.740. The molecule has 170 valence electrons. The molecule has 0 aliphatic heterocycles. The molecule has 0 aromatic heterocycles. The lowest BCUT2D eigenvalue weighted by atomic mass is 9.93. The molecule has 0 bridgehead atoms. The van der Waals surface area contributed by atoms with Crippen LogP contribution in [0.2, 0.25) is 0 Å². The van der Waals surface area contributed by atoms with Gasteiger partial charge in [-0.25, -0.2) is 0 Å². The maximum Gasteiger partial charge on any atom is 0.306 e. The zero-order valence-electron chi connectivity index (χ0n) is 18.8. The van der Waals surface area contributed by atoms with Crippen LogP contribution in [0.25, 0.3) is 0 Å². The van der Waals surface area contributed by atoms with Crippen molar-refractivity contribution in [2.45, 2.75) is 103 Å². The molecule has 1 unspecified atom stereocenters. The Morgan fingerprint density at radius 2 is 1.43 bits per heavy atom. The summed E-state index contributed by atoms with van der Waals surface area (Å²) in [4.78, 5) is 11.5. The third-order valence-corrected chi connectivity index (χ3v) is 5.73. The number of carbonyl (C=O) groups is 1. The number of carboxylic acid groups (broad SMARTS) is 1. The van der Waals surface area contributed by atoms with Crippen molar-refractivity contribution in [1.29, 1.82) is 0 Å². The first-order valence-corrected chi connectivity index (χ1v) is 11.9. The van der Waals surface area contributed by atoms with Crippen molar-refractivity contribution in [1.82, 2.24) is 0 Å². The summed E-state index contributed by atoms with van der Waals surface area (Å²) in [5.41, 5.74) is 0.851. The first kappa shape index (κ1) is 26.1. The Bertz CT molecular complexity index is 609. The number of rotatable bonds is 18. The van der Waals surface area contributed by atoms with Gasteiger partial charge in [0.1, 0.15) is 0 Å². The number of carboxylic acids is 1. The van der Waals surface area contributed by atoms with Crippen LogP contribution in [0.5, 0.6) is 11.5 Å². The fourth-order valence-electron chi connectivity index (χ4n) is 3.74. The molecule has 0 saturated carbocycles. The number of phenolic OH excluding ortho intramolecular Hbond substituents is 2. The van der Waals surface area contributed by atoms with Crippen LogP contribution in [0.15, 0.2) is 30.4 Å². The lowest BCUT2D eigenvalue weighted by Gasteiger charge is -2.12. The normalized spacial score (nSPS) is 12.4. The second-order valence-electron chi connectivity index (χ2n) is 8.42. The molecule has 1 atom stereocenters. The van der Waals surface area contributed by atoms with Gasteiger partial charge in [-0.3, -0.25) is 4.79 Å². The van der Waals surface area contributed by atoms with Crippen LogP contribution in [0.1, 0.15) is 102 Å². The molecule has 30 heavy (non-hydrogen) atoms. The highest BCUT2D eigenvalue weighted by Crippen LogP contribution is 2.26. The summed E-state index contributed by atoms with van der Waals surface area (Å²) >= 11 is 0. The molecule has 0 heterocycles. The van der Waals surface area contributed by atoms with Crippen molar-refractivity contribution in [3.8, 4) is 11.5 Å². The number of aromatic hydroxyl groups is 2. The van der Waals surface area contributed by atoms with E-state index in [1.807, 2.05) is 0 Å². The van der Waals surface area contributed by atoms with Crippen molar-refractivity contribution in [2.24, 2.45) is 5.92 Å². The largest absolute Gasteiger partial charge is 0.504 e. The first-order valence-electron chi connectivity index (χ1n) is 11.9. The highest BCUT2D eigenvalue weighted by molar-refractivity contribution is 5.69. The predicted octanol–water partition coefficient (Wildman–Crippen LogP) is 7.38. The first-order chi connectivity index (χ1) is 14.5. The van der Waals surface area contributed by atoms with Gasteiger partial charge >= 0.3 is 5.97 Å². The van der Waals surface area contributed by atoms with Crippen LogP contribution in [0.4, 0.5) is 0 Å². The number of aliphatic carboxylic acids is 1. The van der Waals surface area contributed by atoms with Crippen molar-refractivity contribution in [3.05, 3.63) is 35.9 Å². The Morgan fingerprint density at radius 3 is 2.03 bits per heavy atom. The van der Waals surface area contributed by atoms with Crippen molar-refractivity contribution >= 4 is 5.97 Å². The van der Waals surface area contributed by atoms with Gasteiger partial charge in [0, 0.05) is 0 Å². The average molecular weight is 419 g/mol. The monoisotopic (exact) mass is 418 g/mol. The Kier molecular flexibility index (Phi) is 14.6. The molecule has 0 aliphatic carbocycles. The zero-order valence-corrected chi connectivity index (χ0v) is 18.8. The predicted molar refractivity (Wildman–Crippen MR) is 124 cm³/mol. The third kappa shape index (κ3) is 12.6. The molecule has 0 aliphatic rings. The van der Waals surface area contributed by atoms with E-state index in [1.165, 1.54) is 63.5 Å². The summed E-state index contributed by atoms with van der Waals surface area (Å²) in [6.07, 6.45) is 21.2. The Hall–Kier alpha value is -1.97. The zero-order chi connectivity index (χ0) is 22.0. The Balaban J connectivity index is 2.06. The van der Waals surface area contributed by atoms with E-state index in [-0.39, 0.29) is 17.4 Å². The molecule has 1 aromatic carbocycles. The van der Waals surface area contributed by atoms with Gasteiger partial charge in [-0.2, -0.15) is 0 Å². The molecule has 0 amide bonds. The van der Waals surface area contributed by atoms with E-state index in [2.05, 4.69) is 19.1 Å². The maximum atomic E-state index is 11.5. The van der Waals surface area contributed by atoms with E-state index in [0.717, 1.165) is 31.2 Å². The van der Waals surface area contributed by atoms with E-state index in [0.29, 0.717) is 19.3 Å². The van der Waals surface area contributed by atoms with Gasteiger partial charge in [0.2, 0.25) is 0 Å². The molecular weight excluding hydrogens is 376 g/mol. The minimum absolute atomic E-state index is 0.147. The van der Waals surface area contributed by atoms with Crippen LogP contribution in [-0.4, -0.2) is 21.3 Å². The molecule has 0 spiro atoms. The quantitative estimate of drug-likeness (QED) is 0.132. The number of benzene rings is 1. The summed E-state index contributed by atoms with van der Waals surface area (Å²) in [7, 11) is 0. The standard InChI is InChI=1S/C26H42O4/c1-2-3-4-5-6-7-8-9-10-11-12-13-14-15-16-23(26(29)30)19-17-22-18-20-24(27)25(28)21-22/h9-10,18,20-21,23,27-28H,2-8,11-17,19H2,1H3,(H,29,30). The maximum absolute atomic E-state index is 11.5. The smallest absolute Gasteiger partial charge is 0.306 e. The molecule has 1 aromatic rings. The Morgan fingerprint density at radius 1 is 0.833 bits per heavy atom. The fourth-order valence-corrected chi connectivity index (χ4v) is 3.74. The van der Waals surface area contributed by atoms with E-state index >= 15 is 0 Å². The van der Waals surface area contributed by atoms with Gasteiger partial charge in [0.15, 0.2) is 11.5 Å². The average Bonchev–Trinajstić information content (AvgIpc) is 2.72. The van der Waals surface area contributed by atoms with Crippen LogP contribution in [0.3, 0.4) is 0 Å². The van der Waals surface area contributed by atoms with Gasteiger partial charge in [-0.1, -0.05) is 76.5 Å². The highest BCUT2D eigenvalue weighted by atomic mass is 16.4. The van der Waals surface area contributed by atoms with Crippen molar-refractivity contribution in [2.75, 3.05) is 0 Å². The van der Waals surface area contributed by atoms with E-state index < -0.39 is 5.97 Å². The summed E-state index contributed by atoms with van der Waals surface area (Å²) < 4.78 is 0. The lowest BCUT2D eigenvalue weighted by Crippen LogP contribution is -2.14. The van der Waals surface area contributed by atoms with Gasteiger partial charge < -0.3 is 15.3 Å². The molecule has 1 rings (SSSR count). The van der Waals surface area contributed by atoms with Crippen LogP contribution in [-0.2, 0) is 11.2 Å². The molecule has 4 nitrogen and oxygen atoms in total. The Labute approximate surface area is 183 Å².